The molecule has 1 aliphatic heterocycles. The predicted molar refractivity (Wildman–Crippen MR) is 126 cm³/mol. The molecular weight excluding hydrogens is 402 g/mol. The molecule has 0 spiro atoms. The number of nitrogens with one attached hydrogen (secondary N) is 1. The van der Waals surface area contributed by atoms with Crippen LogP contribution in [0.5, 0.6) is 0 Å². The highest BCUT2D eigenvalue weighted by Crippen LogP contribution is 2.15. The molecule has 2 aromatic rings. The van der Waals surface area contributed by atoms with Gasteiger partial charge in [0.15, 0.2) is 5.11 Å². The Morgan fingerprint density at radius 3 is 2.38 bits per heavy atom. The summed E-state index contributed by atoms with van der Waals surface area (Å²) in [5.74, 6) is 0. The van der Waals surface area contributed by atoms with Crippen molar-refractivity contribution >= 4 is 34.6 Å². The van der Waals surface area contributed by atoms with E-state index < -0.39 is 0 Å². The molecule has 1 aliphatic rings. The average Bonchev–Trinajstić information content (AvgIpc) is 2.75. The van der Waals surface area contributed by atoms with Crippen molar-refractivity contribution in [2.24, 2.45) is 0 Å². The van der Waals surface area contributed by atoms with Crippen LogP contribution in [0.1, 0.15) is 24.5 Å². The third-order valence-electron chi connectivity index (χ3n) is 5.19. The lowest BCUT2D eigenvalue weighted by Crippen LogP contribution is -2.40. The van der Waals surface area contributed by atoms with Gasteiger partial charge in [0.2, 0.25) is 0 Å². The molecule has 0 bridgehead atoms. The van der Waals surface area contributed by atoms with Gasteiger partial charge in [-0.2, -0.15) is 0 Å². The van der Waals surface area contributed by atoms with Crippen LogP contribution in [0, 0.1) is 0 Å². The van der Waals surface area contributed by atoms with E-state index in [2.05, 4.69) is 58.4 Å². The zero-order valence-corrected chi connectivity index (χ0v) is 18.6. The highest BCUT2D eigenvalue weighted by Gasteiger charge is 2.14. The maximum atomic E-state index is 6.04. The molecule has 0 aromatic heterocycles. The predicted octanol–water partition coefficient (Wildman–Crippen LogP) is 4.82. The largest absolute Gasteiger partial charge is 0.379 e. The molecule has 3 rings (SSSR count). The number of aryl methyl sites for hydroxylation is 1. The molecule has 0 aliphatic carbocycles. The standard InChI is InChI=1S/C23H30ClN3OS/c1-2-19-6-10-22(11-7-19)25-23(29)27(18-20-4-8-21(24)9-5-20)13-3-12-26-14-16-28-17-15-26/h4-11H,2-3,12-18H2,1H3,(H,25,29). The van der Waals surface area contributed by atoms with Crippen LogP contribution in [0.25, 0.3) is 0 Å². The maximum Gasteiger partial charge on any atom is 0.173 e. The van der Waals surface area contributed by atoms with Gasteiger partial charge in [-0.25, -0.2) is 0 Å². The van der Waals surface area contributed by atoms with Gasteiger partial charge >= 0.3 is 0 Å². The van der Waals surface area contributed by atoms with Crippen LogP contribution in [-0.2, 0) is 17.7 Å². The number of morpholine rings is 1. The number of ether oxygens (including phenoxy) is 1. The number of hydrogen-bond donors (Lipinski definition) is 1. The molecule has 1 saturated heterocycles. The Labute approximate surface area is 184 Å². The minimum atomic E-state index is 0.754. The quantitative estimate of drug-likeness (QED) is 0.604. The highest BCUT2D eigenvalue weighted by atomic mass is 35.5. The second-order valence-electron chi connectivity index (χ2n) is 7.34. The Hall–Kier alpha value is -1.66. The zero-order valence-electron chi connectivity index (χ0n) is 17.1. The topological polar surface area (TPSA) is 27.7 Å². The van der Waals surface area contributed by atoms with Crippen LogP contribution < -0.4 is 5.32 Å². The summed E-state index contributed by atoms with van der Waals surface area (Å²) in [6, 6.07) is 16.5. The second-order valence-corrected chi connectivity index (χ2v) is 8.16. The number of hydrogen-bond acceptors (Lipinski definition) is 3. The summed E-state index contributed by atoms with van der Waals surface area (Å²) in [7, 11) is 0. The van der Waals surface area contributed by atoms with Gasteiger partial charge in [-0.05, 0) is 60.5 Å². The van der Waals surface area contributed by atoms with Crippen LogP contribution in [0.2, 0.25) is 5.02 Å². The van der Waals surface area contributed by atoms with Crippen LogP contribution in [-0.4, -0.2) is 54.3 Å². The number of nitrogens with zero attached hydrogens (tertiary/aromatic N) is 2. The van der Waals surface area contributed by atoms with Crippen molar-refractivity contribution in [1.82, 2.24) is 9.80 Å². The smallest absolute Gasteiger partial charge is 0.173 e. The van der Waals surface area contributed by atoms with Gasteiger partial charge in [0.05, 0.1) is 13.2 Å². The summed E-state index contributed by atoms with van der Waals surface area (Å²) < 4.78 is 5.44. The monoisotopic (exact) mass is 431 g/mol. The zero-order chi connectivity index (χ0) is 20.5. The first kappa shape index (κ1) is 22.0. The SMILES string of the molecule is CCc1ccc(NC(=S)N(CCCN2CCOCC2)Cc2ccc(Cl)cc2)cc1. The molecule has 1 fully saturated rings. The minimum absolute atomic E-state index is 0.754. The fourth-order valence-corrected chi connectivity index (χ4v) is 3.80. The minimum Gasteiger partial charge on any atom is -0.379 e. The van der Waals surface area contributed by atoms with Crippen LogP contribution >= 0.6 is 23.8 Å². The van der Waals surface area contributed by atoms with E-state index in [1.165, 1.54) is 11.1 Å². The van der Waals surface area contributed by atoms with Crippen molar-refractivity contribution in [2.45, 2.75) is 26.3 Å². The number of rotatable bonds is 8. The second kappa shape index (κ2) is 11.5. The lowest BCUT2D eigenvalue weighted by Gasteiger charge is -2.29. The summed E-state index contributed by atoms with van der Waals surface area (Å²) in [5.41, 5.74) is 3.55. The Morgan fingerprint density at radius 2 is 1.72 bits per heavy atom. The van der Waals surface area contributed by atoms with E-state index in [0.717, 1.165) is 74.6 Å². The van der Waals surface area contributed by atoms with Gasteiger partial charge in [-0.1, -0.05) is 42.8 Å². The van der Waals surface area contributed by atoms with E-state index in [-0.39, 0.29) is 0 Å². The normalized spacial score (nSPS) is 14.6. The van der Waals surface area contributed by atoms with Crippen molar-refractivity contribution in [1.29, 1.82) is 0 Å². The molecule has 2 aromatic carbocycles. The van der Waals surface area contributed by atoms with E-state index in [0.29, 0.717) is 0 Å². The molecule has 4 nitrogen and oxygen atoms in total. The average molecular weight is 432 g/mol. The number of benzene rings is 2. The summed E-state index contributed by atoms with van der Waals surface area (Å²) >= 11 is 11.8. The number of halogens is 1. The van der Waals surface area contributed by atoms with Crippen molar-refractivity contribution in [3.63, 3.8) is 0 Å². The van der Waals surface area contributed by atoms with Crippen molar-refractivity contribution in [2.75, 3.05) is 44.7 Å². The lowest BCUT2D eigenvalue weighted by molar-refractivity contribution is 0.0368. The molecule has 156 valence electrons. The highest BCUT2D eigenvalue weighted by molar-refractivity contribution is 7.80. The molecule has 0 saturated carbocycles. The van der Waals surface area contributed by atoms with Crippen molar-refractivity contribution in [3.05, 3.63) is 64.7 Å². The molecule has 0 radical (unpaired) electrons. The summed E-state index contributed by atoms with van der Waals surface area (Å²) in [5, 5.41) is 4.92. The fourth-order valence-electron chi connectivity index (χ4n) is 3.40. The van der Waals surface area contributed by atoms with Crippen molar-refractivity contribution in [3.8, 4) is 0 Å². The molecule has 29 heavy (non-hydrogen) atoms. The van der Waals surface area contributed by atoms with Crippen LogP contribution in [0.4, 0.5) is 5.69 Å². The van der Waals surface area contributed by atoms with E-state index in [1.807, 2.05) is 12.1 Å². The van der Waals surface area contributed by atoms with Gasteiger partial charge < -0.3 is 15.0 Å². The molecule has 0 atom stereocenters. The Balaban J connectivity index is 1.61. The van der Waals surface area contributed by atoms with Gasteiger partial charge in [-0.15, -0.1) is 0 Å². The summed E-state index contributed by atoms with van der Waals surface area (Å²) in [6.45, 7) is 8.60. The third kappa shape index (κ3) is 7.27. The van der Waals surface area contributed by atoms with E-state index >= 15 is 0 Å². The maximum absolute atomic E-state index is 6.04. The van der Waals surface area contributed by atoms with Crippen LogP contribution in [0.15, 0.2) is 48.5 Å². The van der Waals surface area contributed by atoms with Crippen molar-refractivity contribution < 1.29 is 4.74 Å². The molecular formula is C23H30ClN3OS. The number of thiocarbonyl (C=S) groups is 1. The van der Waals surface area contributed by atoms with Gasteiger partial charge in [0.25, 0.3) is 0 Å². The first-order valence-corrected chi connectivity index (χ1v) is 11.1. The molecule has 6 heteroatoms. The molecule has 1 heterocycles. The number of anilines is 1. The Bertz CT molecular complexity index is 761. The molecule has 1 N–H and O–H groups in total. The third-order valence-corrected chi connectivity index (χ3v) is 5.81. The van der Waals surface area contributed by atoms with Gasteiger partial charge in [0.1, 0.15) is 0 Å². The van der Waals surface area contributed by atoms with Crippen LogP contribution in [0.3, 0.4) is 0 Å². The molecule has 0 unspecified atom stereocenters. The Morgan fingerprint density at radius 1 is 1.07 bits per heavy atom. The summed E-state index contributed by atoms with van der Waals surface area (Å²) in [4.78, 5) is 4.71. The van der Waals surface area contributed by atoms with E-state index in [9.17, 15) is 0 Å². The fraction of sp³-hybridized carbons (Fsp3) is 0.435. The van der Waals surface area contributed by atoms with Gasteiger partial charge in [0, 0.05) is 43.4 Å². The first-order valence-electron chi connectivity index (χ1n) is 10.3. The van der Waals surface area contributed by atoms with E-state index in [4.69, 9.17) is 28.6 Å². The first-order chi connectivity index (χ1) is 14.1. The lowest BCUT2D eigenvalue weighted by atomic mass is 10.1. The van der Waals surface area contributed by atoms with E-state index in [1.54, 1.807) is 0 Å². The molecule has 0 amide bonds. The van der Waals surface area contributed by atoms with Gasteiger partial charge in [-0.3, -0.25) is 4.90 Å². The Kier molecular flexibility index (Phi) is 8.74. The summed E-state index contributed by atoms with van der Waals surface area (Å²) in [6.07, 6.45) is 2.10.